The zero-order valence-corrected chi connectivity index (χ0v) is 20.5. The summed E-state index contributed by atoms with van der Waals surface area (Å²) in [6.45, 7) is 4.74. The molecule has 0 nitrogen and oxygen atoms in total. The minimum Gasteiger partial charge on any atom is -0.0654 e. The van der Waals surface area contributed by atoms with Crippen LogP contribution < -0.4 is 5.22 Å². The van der Waals surface area contributed by atoms with Crippen molar-refractivity contribution < 1.29 is 0 Å². The monoisotopic (exact) mass is 440 g/mol. The van der Waals surface area contributed by atoms with Crippen LogP contribution in [0.4, 0.5) is 0 Å². The Morgan fingerprint density at radius 3 is 1.94 bits per heavy atom. The van der Waals surface area contributed by atoms with Gasteiger partial charge in [0, 0.05) is 15.0 Å². The molecule has 0 spiro atoms. The van der Waals surface area contributed by atoms with Crippen molar-refractivity contribution in [2.45, 2.75) is 44.6 Å². The minimum atomic E-state index is 0.390. The fourth-order valence-corrected chi connectivity index (χ4v) is 8.73. The Hall–Kier alpha value is -3.03. The third-order valence-corrected chi connectivity index (χ3v) is 10.2. The van der Waals surface area contributed by atoms with E-state index in [1.54, 1.807) is 32.3 Å². The molecule has 4 aromatic carbocycles. The molecule has 8 rings (SSSR count). The number of benzene rings is 4. The van der Waals surface area contributed by atoms with Crippen LogP contribution in [0.5, 0.6) is 0 Å². The highest BCUT2D eigenvalue weighted by Gasteiger charge is 2.50. The molecule has 33 heavy (non-hydrogen) atoms. The highest BCUT2D eigenvalue weighted by atomic mass is 28.2. The van der Waals surface area contributed by atoms with Crippen molar-refractivity contribution in [2.75, 3.05) is 0 Å². The van der Waals surface area contributed by atoms with Gasteiger partial charge >= 0.3 is 0 Å². The van der Waals surface area contributed by atoms with E-state index < -0.39 is 0 Å². The zero-order chi connectivity index (χ0) is 22.1. The molecular weight excluding hydrogens is 412 g/mol. The Morgan fingerprint density at radius 1 is 0.727 bits per heavy atom. The van der Waals surface area contributed by atoms with Crippen LogP contribution in [0.15, 0.2) is 78.9 Å². The smallest absolute Gasteiger partial charge is 0.0326 e. The van der Waals surface area contributed by atoms with Crippen LogP contribution in [0.3, 0.4) is 0 Å². The highest BCUT2D eigenvalue weighted by Crippen LogP contribution is 2.63. The lowest BCUT2D eigenvalue weighted by atomic mass is 9.91. The van der Waals surface area contributed by atoms with Crippen LogP contribution in [-0.2, 0) is 0 Å². The molecule has 2 unspecified atom stereocenters. The summed E-state index contributed by atoms with van der Waals surface area (Å²) in [7, 11) is 0.390. The maximum Gasteiger partial charge on any atom is 0.0326 e. The van der Waals surface area contributed by atoms with Crippen LogP contribution in [0.1, 0.15) is 48.8 Å². The van der Waals surface area contributed by atoms with Gasteiger partial charge in [0.2, 0.25) is 0 Å². The second-order valence-electron chi connectivity index (χ2n) is 9.95. The second kappa shape index (κ2) is 7.23. The maximum atomic E-state index is 2.46. The van der Waals surface area contributed by atoms with E-state index in [-0.39, 0.29) is 0 Å². The second-order valence-corrected chi connectivity index (χ2v) is 11.7. The lowest BCUT2D eigenvalue weighted by Gasteiger charge is -2.13. The Kier molecular flexibility index (Phi) is 4.26. The van der Waals surface area contributed by atoms with E-state index in [9.17, 15) is 0 Å². The third kappa shape index (κ3) is 2.79. The molecule has 0 saturated heterocycles. The summed E-state index contributed by atoms with van der Waals surface area (Å²) in [5, 5.41) is 1.68. The van der Waals surface area contributed by atoms with Crippen molar-refractivity contribution in [3.8, 4) is 33.4 Å². The summed E-state index contributed by atoms with van der Waals surface area (Å²) in [4.78, 5) is 1.75. The number of rotatable bonds is 6. The molecule has 1 heterocycles. The molecule has 0 radical (unpaired) electrons. The van der Waals surface area contributed by atoms with E-state index in [2.05, 4.69) is 92.7 Å². The first-order valence-electron chi connectivity index (χ1n) is 12.4. The van der Waals surface area contributed by atoms with Crippen molar-refractivity contribution in [3.05, 3.63) is 106 Å². The summed E-state index contributed by atoms with van der Waals surface area (Å²) in [6, 6.07) is 29.1. The van der Waals surface area contributed by atoms with Gasteiger partial charge in [-0.15, -0.1) is 0 Å². The van der Waals surface area contributed by atoms with Crippen LogP contribution in [0.2, 0.25) is 5.54 Å². The summed E-state index contributed by atoms with van der Waals surface area (Å²) in [6.07, 6.45) is 4.07. The summed E-state index contributed by atoms with van der Waals surface area (Å²) in [5.74, 6) is 0.677. The van der Waals surface area contributed by atoms with Crippen LogP contribution in [0, 0.1) is 11.7 Å². The largest absolute Gasteiger partial charge is 0.0654 e. The molecule has 6 bridgehead atoms. The molecule has 4 aliphatic rings. The molecule has 0 saturated carbocycles. The van der Waals surface area contributed by atoms with Gasteiger partial charge in [-0.25, -0.2) is 0 Å². The SMILES string of the molecule is CCCCC1[SiH]=c2c(C)c3c4c(-c5cc(-c6ccccc6)cc(-c6ccccc6)c5)c2=C1C34. The van der Waals surface area contributed by atoms with Crippen molar-refractivity contribution >= 4 is 14.7 Å². The molecule has 0 N–H and O–H groups in total. The Morgan fingerprint density at radius 2 is 1.33 bits per heavy atom. The number of hydrogen-bond acceptors (Lipinski definition) is 0. The lowest BCUT2D eigenvalue weighted by molar-refractivity contribution is 0.728. The molecule has 4 aromatic rings. The van der Waals surface area contributed by atoms with Crippen molar-refractivity contribution in [1.82, 2.24) is 0 Å². The normalized spacial score (nSPS) is 18.5. The van der Waals surface area contributed by atoms with Crippen LogP contribution >= 0.6 is 0 Å². The van der Waals surface area contributed by atoms with E-state index in [4.69, 9.17) is 0 Å². The molecule has 2 atom stereocenters. The summed E-state index contributed by atoms with van der Waals surface area (Å²) in [5.41, 5.74) is 16.0. The van der Waals surface area contributed by atoms with Gasteiger partial charge < -0.3 is 0 Å². The lowest BCUT2D eigenvalue weighted by Crippen LogP contribution is -2.11. The summed E-state index contributed by atoms with van der Waals surface area (Å²) < 4.78 is 0. The first kappa shape index (κ1) is 19.4. The quantitative estimate of drug-likeness (QED) is 0.276. The van der Waals surface area contributed by atoms with Crippen LogP contribution in [0.25, 0.3) is 39.0 Å². The predicted molar refractivity (Wildman–Crippen MR) is 142 cm³/mol. The average molecular weight is 441 g/mol. The number of unbranched alkanes of at least 4 members (excludes halogenated alkanes) is 1. The van der Waals surface area contributed by atoms with E-state index in [1.807, 2.05) is 5.57 Å². The zero-order valence-electron chi connectivity index (χ0n) is 19.4. The van der Waals surface area contributed by atoms with Gasteiger partial charge in [0.05, 0.1) is 0 Å². The first-order chi connectivity index (χ1) is 16.3. The van der Waals surface area contributed by atoms with Gasteiger partial charge in [-0.05, 0) is 103 Å². The van der Waals surface area contributed by atoms with E-state index >= 15 is 0 Å². The third-order valence-electron chi connectivity index (χ3n) is 8.05. The molecule has 160 valence electrons. The van der Waals surface area contributed by atoms with Crippen molar-refractivity contribution in [2.24, 2.45) is 0 Å². The van der Waals surface area contributed by atoms with Crippen LogP contribution in [-0.4, -0.2) is 9.13 Å². The van der Waals surface area contributed by atoms with Crippen molar-refractivity contribution in [1.29, 1.82) is 0 Å². The Labute approximate surface area is 198 Å². The van der Waals surface area contributed by atoms with Gasteiger partial charge in [-0.3, -0.25) is 0 Å². The fraction of sp³-hybridized carbons (Fsp3) is 0.219. The maximum absolute atomic E-state index is 2.46. The molecule has 3 aliphatic carbocycles. The van der Waals surface area contributed by atoms with E-state index in [0.717, 1.165) is 5.54 Å². The average Bonchev–Trinajstić information content (AvgIpc) is 3.39. The molecular formula is C32H28Si. The first-order valence-corrected chi connectivity index (χ1v) is 13.7. The summed E-state index contributed by atoms with van der Waals surface area (Å²) >= 11 is 0. The Balaban J connectivity index is 1.47. The van der Waals surface area contributed by atoms with Gasteiger partial charge in [0.15, 0.2) is 0 Å². The minimum absolute atomic E-state index is 0.390. The molecule has 1 aliphatic heterocycles. The fourth-order valence-electron chi connectivity index (χ4n) is 6.50. The van der Waals surface area contributed by atoms with E-state index in [0.29, 0.717) is 15.0 Å². The van der Waals surface area contributed by atoms with Crippen molar-refractivity contribution in [3.63, 3.8) is 0 Å². The standard InChI is InChI=1S/C32H28Si/c1-3-4-15-25-28-30-26-19(2)32(33-25)31(28)27(29(26)30)24-17-22(20-11-7-5-8-12-20)16-23(18-24)21-13-9-6-10-14-21/h5-14,16-18,25,30,33H,3-4,15H2,1-2H3. The molecule has 1 heteroatoms. The molecule has 0 aromatic heterocycles. The van der Waals surface area contributed by atoms with E-state index in [1.165, 1.54) is 47.1 Å². The predicted octanol–water partition coefficient (Wildman–Crippen LogP) is 7.29. The van der Waals surface area contributed by atoms with Gasteiger partial charge in [0.25, 0.3) is 0 Å². The topological polar surface area (TPSA) is 0 Å². The van der Waals surface area contributed by atoms with Gasteiger partial charge in [0.1, 0.15) is 0 Å². The Bertz CT molecular complexity index is 1490. The molecule has 0 fully saturated rings. The van der Waals surface area contributed by atoms with Gasteiger partial charge in [-0.2, -0.15) is 0 Å². The van der Waals surface area contributed by atoms with Gasteiger partial charge in [-0.1, -0.05) is 80.4 Å². The number of hydrogen-bond donors (Lipinski definition) is 0. The molecule has 0 amide bonds. The highest BCUT2D eigenvalue weighted by molar-refractivity contribution is 6.37.